The SMILES string of the molecule is Cc1nn(C(C)c2ccc(C(F)(F)F)cc2)c2nc(O)[nH]c(=O)c12. The van der Waals surface area contributed by atoms with E-state index in [9.17, 15) is 23.1 Å². The highest BCUT2D eigenvalue weighted by atomic mass is 19.4. The van der Waals surface area contributed by atoms with Crippen LogP contribution in [0.1, 0.15) is 29.8 Å². The molecule has 9 heteroatoms. The molecule has 3 rings (SSSR count). The van der Waals surface area contributed by atoms with Gasteiger partial charge in [-0.05, 0) is 31.5 Å². The van der Waals surface area contributed by atoms with E-state index in [-0.39, 0.29) is 11.0 Å². The number of hydrogen-bond acceptors (Lipinski definition) is 4. The molecule has 0 amide bonds. The number of alkyl halides is 3. The Bertz CT molecular complexity index is 958. The Morgan fingerprint density at radius 2 is 1.88 bits per heavy atom. The second-order valence-electron chi connectivity index (χ2n) is 5.41. The van der Waals surface area contributed by atoms with Crippen molar-refractivity contribution in [2.75, 3.05) is 0 Å². The highest BCUT2D eigenvalue weighted by Gasteiger charge is 2.30. The minimum absolute atomic E-state index is 0.168. The number of halogens is 3. The van der Waals surface area contributed by atoms with E-state index < -0.39 is 29.4 Å². The predicted molar refractivity (Wildman–Crippen MR) is 79.8 cm³/mol. The Kier molecular flexibility index (Phi) is 3.58. The standard InChI is InChI=1S/C15H13F3N4O2/c1-7-11-12(19-14(24)20-13(11)23)22(21-7)8(2)9-3-5-10(6-4-9)15(16,17)18/h3-6,8H,1-2H3,(H2,19,20,23,24). The first kappa shape index (κ1) is 16.0. The molecule has 2 heterocycles. The number of fused-ring (bicyclic) bond motifs is 1. The van der Waals surface area contributed by atoms with E-state index >= 15 is 0 Å². The molecule has 1 unspecified atom stereocenters. The van der Waals surface area contributed by atoms with E-state index in [0.717, 1.165) is 12.1 Å². The van der Waals surface area contributed by atoms with Gasteiger partial charge >= 0.3 is 6.18 Å². The lowest BCUT2D eigenvalue weighted by molar-refractivity contribution is -0.137. The summed E-state index contributed by atoms with van der Waals surface area (Å²) in [5.74, 6) is 0. The summed E-state index contributed by atoms with van der Waals surface area (Å²) in [7, 11) is 0. The number of benzene rings is 1. The van der Waals surface area contributed by atoms with Crippen LogP contribution in [0.5, 0.6) is 6.01 Å². The fourth-order valence-corrected chi connectivity index (χ4v) is 2.56. The average Bonchev–Trinajstić information content (AvgIpc) is 2.82. The Morgan fingerprint density at radius 3 is 2.46 bits per heavy atom. The van der Waals surface area contributed by atoms with Crippen molar-refractivity contribution in [3.63, 3.8) is 0 Å². The summed E-state index contributed by atoms with van der Waals surface area (Å²) in [5.41, 5.74) is -0.124. The van der Waals surface area contributed by atoms with Gasteiger partial charge in [0.2, 0.25) is 0 Å². The molecule has 6 nitrogen and oxygen atoms in total. The highest BCUT2D eigenvalue weighted by Crippen LogP contribution is 2.31. The van der Waals surface area contributed by atoms with Gasteiger partial charge in [0.15, 0.2) is 5.65 Å². The van der Waals surface area contributed by atoms with Crippen molar-refractivity contribution in [3.8, 4) is 6.01 Å². The lowest BCUT2D eigenvalue weighted by Gasteiger charge is -2.14. The number of aromatic amines is 1. The molecule has 0 fully saturated rings. The van der Waals surface area contributed by atoms with Crippen LogP contribution >= 0.6 is 0 Å². The molecule has 0 bridgehead atoms. The van der Waals surface area contributed by atoms with Crippen LogP contribution in [-0.4, -0.2) is 24.9 Å². The van der Waals surface area contributed by atoms with Crippen LogP contribution in [0.25, 0.3) is 11.0 Å². The van der Waals surface area contributed by atoms with Crippen molar-refractivity contribution in [2.24, 2.45) is 0 Å². The van der Waals surface area contributed by atoms with Crippen molar-refractivity contribution < 1.29 is 18.3 Å². The third-order valence-electron chi connectivity index (χ3n) is 3.81. The molecule has 3 aromatic rings. The summed E-state index contributed by atoms with van der Waals surface area (Å²) in [6.07, 6.45) is -4.41. The molecule has 0 spiro atoms. The zero-order chi connectivity index (χ0) is 17.6. The van der Waals surface area contributed by atoms with Gasteiger partial charge in [-0.2, -0.15) is 23.3 Å². The molecule has 0 aliphatic carbocycles. The molecule has 0 saturated carbocycles. The summed E-state index contributed by atoms with van der Waals surface area (Å²) in [6.45, 7) is 3.33. The molecule has 2 N–H and O–H groups in total. The smallest absolute Gasteiger partial charge is 0.416 e. The fraction of sp³-hybridized carbons (Fsp3) is 0.267. The van der Waals surface area contributed by atoms with Crippen LogP contribution in [-0.2, 0) is 6.18 Å². The Hall–Kier alpha value is -2.84. The van der Waals surface area contributed by atoms with Crippen LogP contribution in [0.15, 0.2) is 29.1 Å². The summed E-state index contributed by atoms with van der Waals surface area (Å²) in [5, 5.41) is 14.0. The first-order valence-electron chi connectivity index (χ1n) is 7.03. The first-order chi connectivity index (χ1) is 11.2. The van der Waals surface area contributed by atoms with Crippen molar-refractivity contribution >= 4 is 11.0 Å². The Morgan fingerprint density at radius 1 is 1.25 bits per heavy atom. The Balaban J connectivity index is 2.09. The van der Waals surface area contributed by atoms with E-state index in [2.05, 4.69) is 15.1 Å². The van der Waals surface area contributed by atoms with Gasteiger partial charge in [-0.25, -0.2) is 4.68 Å². The summed E-state index contributed by atoms with van der Waals surface area (Å²) < 4.78 is 39.4. The molecule has 1 aromatic carbocycles. The van der Waals surface area contributed by atoms with Gasteiger partial charge in [0.05, 0.1) is 17.3 Å². The molecule has 126 valence electrons. The zero-order valence-corrected chi connectivity index (χ0v) is 12.7. The number of aromatic hydroxyl groups is 1. The molecule has 0 saturated heterocycles. The molecule has 0 radical (unpaired) electrons. The van der Waals surface area contributed by atoms with Crippen LogP contribution in [0.4, 0.5) is 13.2 Å². The van der Waals surface area contributed by atoms with Crippen LogP contribution in [0, 0.1) is 6.92 Å². The minimum Gasteiger partial charge on any atom is -0.480 e. The second kappa shape index (κ2) is 5.36. The Labute approximate surface area is 133 Å². The van der Waals surface area contributed by atoms with Gasteiger partial charge in [-0.1, -0.05) is 12.1 Å². The van der Waals surface area contributed by atoms with E-state index in [0.29, 0.717) is 11.3 Å². The maximum atomic E-state index is 12.7. The normalized spacial score (nSPS) is 13.4. The number of rotatable bonds is 2. The molecule has 2 aromatic heterocycles. The van der Waals surface area contributed by atoms with E-state index in [4.69, 9.17) is 0 Å². The zero-order valence-electron chi connectivity index (χ0n) is 12.7. The van der Waals surface area contributed by atoms with Crippen molar-refractivity contribution in [1.82, 2.24) is 19.7 Å². The van der Waals surface area contributed by atoms with Crippen molar-refractivity contribution in [1.29, 1.82) is 0 Å². The van der Waals surface area contributed by atoms with Gasteiger partial charge in [0.1, 0.15) is 5.39 Å². The summed E-state index contributed by atoms with van der Waals surface area (Å²) in [4.78, 5) is 18.0. The summed E-state index contributed by atoms with van der Waals surface area (Å²) >= 11 is 0. The van der Waals surface area contributed by atoms with Gasteiger partial charge in [-0.15, -0.1) is 0 Å². The molecule has 0 aliphatic rings. The van der Waals surface area contributed by atoms with Gasteiger partial charge < -0.3 is 5.11 Å². The van der Waals surface area contributed by atoms with Crippen LogP contribution in [0.3, 0.4) is 0 Å². The number of nitrogens with one attached hydrogen (secondary N) is 1. The monoisotopic (exact) mass is 338 g/mol. The predicted octanol–water partition coefficient (Wildman–Crippen LogP) is 2.76. The van der Waals surface area contributed by atoms with Gasteiger partial charge in [0.25, 0.3) is 11.6 Å². The number of nitrogens with zero attached hydrogens (tertiary/aromatic N) is 3. The fourth-order valence-electron chi connectivity index (χ4n) is 2.56. The largest absolute Gasteiger partial charge is 0.480 e. The molecule has 24 heavy (non-hydrogen) atoms. The molecular weight excluding hydrogens is 325 g/mol. The number of aryl methyl sites for hydroxylation is 1. The first-order valence-corrected chi connectivity index (χ1v) is 7.03. The molecule has 1 atom stereocenters. The second-order valence-corrected chi connectivity index (χ2v) is 5.41. The topological polar surface area (TPSA) is 83.8 Å². The van der Waals surface area contributed by atoms with Gasteiger partial charge in [-0.3, -0.25) is 9.78 Å². The van der Waals surface area contributed by atoms with Crippen molar-refractivity contribution in [2.45, 2.75) is 26.1 Å². The van der Waals surface area contributed by atoms with E-state index in [1.54, 1.807) is 13.8 Å². The third-order valence-corrected chi connectivity index (χ3v) is 3.81. The van der Waals surface area contributed by atoms with Crippen molar-refractivity contribution in [3.05, 3.63) is 51.4 Å². The lowest BCUT2D eigenvalue weighted by Crippen LogP contribution is -2.12. The minimum atomic E-state index is -4.41. The average molecular weight is 338 g/mol. The van der Waals surface area contributed by atoms with Crippen LogP contribution < -0.4 is 5.56 Å². The number of aromatic nitrogens is 4. The summed E-state index contributed by atoms with van der Waals surface area (Å²) in [6, 6.07) is 3.65. The van der Waals surface area contributed by atoms with Crippen LogP contribution in [0.2, 0.25) is 0 Å². The number of H-pyrrole nitrogens is 1. The quantitative estimate of drug-likeness (QED) is 0.752. The highest BCUT2D eigenvalue weighted by molar-refractivity contribution is 5.77. The van der Waals surface area contributed by atoms with E-state index in [1.165, 1.54) is 16.8 Å². The van der Waals surface area contributed by atoms with E-state index in [1.807, 2.05) is 0 Å². The maximum Gasteiger partial charge on any atom is 0.416 e. The lowest BCUT2D eigenvalue weighted by atomic mass is 10.1. The number of hydrogen-bond donors (Lipinski definition) is 2. The molecular formula is C15H13F3N4O2. The van der Waals surface area contributed by atoms with Gasteiger partial charge in [0, 0.05) is 0 Å². The maximum absolute atomic E-state index is 12.7. The third kappa shape index (κ3) is 2.61. The molecule has 0 aliphatic heterocycles.